The Hall–Kier alpha value is -0.570. The number of carbonyl (C=O) groups excluding carboxylic acids is 1. The normalized spacial score (nSPS) is 37.5. The van der Waals surface area contributed by atoms with Gasteiger partial charge in [-0.1, -0.05) is 6.42 Å². The fourth-order valence-electron chi connectivity index (χ4n) is 2.57. The third-order valence-electron chi connectivity index (χ3n) is 3.18. The summed E-state index contributed by atoms with van der Waals surface area (Å²) in [6.45, 7) is 2.35. The highest BCUT2D eigenvalue weighted by molar-refractivity contribution is 5.76. The van der Waals surface area contributed by atoms with Crippen molar-refractivity contribution in [3.05, 3.63) is 0 Å². The number of nitrogens with one attached hydrogen (secondary N) is 1. The Bertz CT molecular complexity index is 193. The first-order chi connectivity index (χ1) is 6.31. The van der Waals surface area contributed by atoms with Crippen LogP contribution in [0.1, 0.15) is 32.6 Å². The van der Waals surface area contributed by atoms with Crippen molar-refractivity contribution in [1.82, 2.24) is 5.32 Å². The van der Waals surface area contributed by atoms with Gasteiger partial charge in [0.1, 0.15) is 6.04 Å². The second kappa shape index (κ2) is 3.66. The minimum absolute atomic E-state index is 0.0183. The topological polar surface area (TPSA) is 38.3 Å². The van der Waals surface area contributed by atoms with E-state index in [0.29, 0.717) is 12.6 Å². The van der Waals surface area contributed by atoms with Gasteiger partial charge in [-0.25, -0.2) is 0 Å². The second-order valence-electron chi connectivity index (χ2n) is 4.00. The molecule has 2 fully saturated rings. The molecular formula is C10H17NO2. The van der Waals surface area contributed by atoms with E-state index in [0.717, 1.165) is 12.3 Å². The minimum atomic E-state index is -0.0584. The lowest BCUT2D eigenvalue weighted by molar-refractivity contribution is -0.145. The maximum Gasteiger partial charge on any atom is 0.323 e. The molecule has 1 heterocycles. The van der Waals surface area contributed by atoms with Gasteiger partial charge in [0.15, 0.2) is 0 Å². The maximum atomic E-state index is 11.4. The predicted molar refractivity (Wildman–Crippen MR) is 49.3 cm³/mol. The molecule has 0 bridgehead atoms. The van der Waals surface area contributed by atoms with Gasteiger partial charge in [0, 0.05) is 6.04 Å². The Balaban J connectivity index is 1.87. The zero-order valence-electron chi connectivity index (χ0n) is 8.08. The maximum absolute atomic E-state index is 11.4. The van der Waals surface area contributed by atoms with Crippen LogP contribution in [0.2, 0.25) is 0 Å². The van der Waals surface area contributed by atoms with Crippen LogP contribution in [-0.4, -0.2) is 24.7 Å². The Morgan fingerprint density at radius 3 is 3.08 bits per heavy atom. The van der Waals surface area contributed by atoms with Crippen molar-refractivity contribution in [2.75, 3.05) is 6.61 Å². The lowest BCUT2D eigenvalue weighted by atomic mass is 10.0. The zero-order valence-corrected chi connectivity index (χ0v) is 8.08. The van der Waals surface area contributed by atoms with Crippen LogP contribution in [-0.2, 0) is 9.53 Å². The molecule has 0 aromatic heterocycles. The van der Waals surface area contributed by atoms with Crippen LogP contribution < -0.4 is 5.32 Å². The molecule has 3 nitrogen and oxygen atoms in total. The van der Waals surface area contributed by atoms with Gasteiger partial charge in [0.25, 0.3) is 0 Å². The molecule has 0 aromatic carbocycles. The van der Waals surface area contributed by atoms with Crippen molar-refractivity contribution in [2.24, 2.45) is 5.92 Å². The highest BCUT2D eigenvalue weighted by Crippen LogP contribution is 2.34. The molecule has 0 spiro atoms. The van der Waals surface area contributed by atoms with Crippen LogP contribution in [0.3, 0.4) is 0 Å². The fourth-order valence-corrected chi connectivity index (χ4v) is 2.57. The molecule has 2 unspecified atom stereocenters. The molecule has 3 atom stereocenters. The standard InChI is InChI=1S/C10H17NO2/c1-2-13-10(12)9-6-7-4-3-5-8(7)11-9/h7-9,11H,2-6H2,1H3/t7?,8?,9-/m1/s1. The van der Waals surface area contributed by atoms with Crippen LogP contribution in [0.15, 0.2) is 0 Å². The van der Waals surface area contributed by atoms with E-state index < -0.39 is 0 Å². The van der Waals surface area contributed by atoms with Crippen molar-refractivity contribution in [3.63, 3.8) is 0 Å². The van der Waals surface area contributed by atoms with Crippen LogP contribution in [0.25, 0.3) is 0 Å². The van der Waals surface area contributed by atoms with E-state index >= 15 is 0 Å². The summed E-state index contributed by atoms with van der Waals surface area (Å²) in [5.41, 5.74) is 0. The number of hydrogen-bond donors (Lipinski definition) is 1. The Morgan fingerprint density at radius 1 is 1.54 bits per heavy atom. The summed E-state index contributed by atoms with van der Waals surface area (Å²) in [6, 6.07) is 0.574. The minimum Gasteiger partial charge on any atom is -0.465 e. The molecule has 0 aromatic rings. The van der Waals surface area contributed by atoms with Gasteiger partial charge < -0.3 is 10.1 Å². The zero-order chi connectivity index (χ0) is 9.26. The number of rotatable bonds is 2. The van der Waals surface area contributed by atoms with Crippen LogP contribution >= 0.6 is 0 Å². The SMILES string of the molecule is CCOC(=O)[C@H]1CC2CCCC2N1. The smallest absolute Gasteiger partial charge is 0.323 e. The number of ether oxygens (including phenoxy) is 1. The molecule has 1 saturated carbocycles. The van der Waals surface area contributed by atoms with Gasteiger partial charge in [0.05, 0.1) is 6.61 Å². The summed E-state index contributed by atoms with van der Waals surface area (Å²) in [5.74, 6) is 0.673. The fraction of sp³-hybridized carbons (Fsp3) is 0.900. The largest absolute Gasteiger partial charge is 0.465 e. The lowest BCUT2D eigenvalue weighted by Gasteiger charge is -2.11. The summed E-state index contributed by atoms with van der Waals surface area (Å²) in [4.78, 5) is 11.4. The third kappa shape index (κ3) is 1.70. The highest BCUT2D eigenvalue weighted by atomic mass is 16.5. The van der Waals surface area contributed by atoms with Crippen molar-refractivity contribution in [3.8, 4) is 0 Å². The first-order valence-corrected chi connectivity index (χ1v) is 5.24. The second-order valence-corrected chi connectivity index (χ2v) is 4.00. The molecule has 1 aliphatic heterocycles. The monoisotopic (exact) mass is 183 g/mol. The molecule has 0 radical (unpaired) electrons. The Morgan fingerprint density at radius 2 is 2.38 bits per heavy atom. The number of fused-ring (bicyclic) bond motifs is 1. The van der Waals surface area contributed by atoms with Gasteiger partial charge >= 0.3 is 5.97 Å². The summed E-state index contributed by atoms with van der Waals surface area (Å²) in [6.07, 6.45) is 4.83. The first-order valence-electron chi connectivity index (χ1n) is 5.24. The van der Waals surface area contributed by atoms with E-state index in [1.807, 2.05) is 6.92 Å². The number of carbonyl (C=O) groups is 1. The van der Waals surface area contributed by atoms with Gasteiger partial charge in [0.2, 0.25) is 0 Å². The van der Waals surface area contributed by atoms with Crippen LogP contribution in [0, 0.1) is 5.92 Å². The van der Waals surface area contributed by atoms with E-state index in [-0.39, 0.29) is 12.0 Å². The van der Waals surface area contributed by atoms with E-state index in [2.05, 4.69) is 5.32 Å². The molecule has 13 heavy (non-hydrogen) atoms. The summed E-state index contributed by atoms with van der Waals surface area (Å²) < 4.78 is 4.99. The molecule has 1 saturated heterocycles. The summed E-state index contributed by atoms with van der Waals surface area (Å²) in [5, 5.41) is 3.36. The summed E-state index contributed by atoms with van der Waals surface area (Å²) in [7, 11) is 0. The third-order valence-corrected chi connectivity index (χ3v) is 3.18. The lowest BCUT2D eigenvalue weighted by Crippen LogP contribution is -2.36. The van der Waals surface area contributed by atoms with Crippen molar-refractivity contribution >= 4 is 5.97 Å². The number of esters is 1. The molecule has 1 aliphatic carbocycles. The van der Waals surface area contributed by atoms with E-state index in [1.165, 1.54) is 19.3 Å². The molecular weight excluding hydrogens is 166 g/mol. The van der Waals surface area contributed by atoms with Gasteiger partial charge in [-0.2, -0.15) is 0 Å². The van der Waals surface area contributed by atoms with Crippen molar-refractivity contribution in [2.45, 2.75) is 44.7 Å². The average Bonchev–Trinajstić information content (AvgIpc) is 2.61. The van der Waals surface area contributed by atoms with Crippen LogP contribution in [0.5, 0.6) is 0 Å². The first kappa shape index (κ1) is 9.00. The Labute approximate surface area is 78.8 Å². The highest BCUT2D eigenvalue weighted by Gasteiger charge is 2.40. The molecule has 3 heteroatoms. The van der Waals surface area contributed by atoms with Crippen molar-refractivity contribution < 1.29 is 9.53 Å². The molecule has 74 valence electrons. The van der Waals surface area contributed by atoms with E-state index in [1.54, 1.807) is 0 Å². The van der Waals surface area contributed by atoms with Gasteiger partial charge in [-0.3, -0.25) is 4.79 Å². The number of hydrogen-bond acceptors (Lipinski definition) is 3. The average molecular weight is 183 g/mol. The molecule has 2 rings (SSSR count). The van der Waals surface area contributed by atoms with E-state index in [9.17, 15) is 4.79 Å². The molecule has 0 amide bonds. The van der Waals surface area contributed by atoms with Gasteiger partial charge in [-0.05, 0) is 32.1 Å². The molecule has 1 N–H and O–H groups in total. The molecule has 2 aliphatic rings. The van der Waals surface area contributed by atoms with Crippen molar-refractivity contribution in [1.29, 1.82) is 0 Å². The van der Waals surface area contributed by atoms with E-state index in [4.69, 9.17) is 4.74 Å². The summed E-state index contributed by atoms with van der Waals surface area (Å²) >= 11 is 0. The van der Waals surface area contributed by atoms with Gasteiger partial charge in [-0.15, -0.1) is 0 Å². The Kier molecular flexibility index (Phi) is 2.54. The van der Waals surface area contributed by atoms with Crippen LogP contribution in [0.4, 0.5) is 0 Å². The predicted octanol–water partition coefficient (Wildman–Crippen LogP) is 1.08. The quantitative estimate of drug-likeness (QED) is 0.651.